The van der Waals surface area contributed by atoms with Crippen LogP contribution in [0.5, 0.6) is 0 Å². The number of nitrogens with zero attached hydrogens (tertiary/aromatic N) is 4. The molecule has 0 saturated heterocycles. The molecule has 0 unspecified atom stereocenters. The fourth-order valence-corrected chi connectivity index (χ4v) is 11.6. The summed E-state index contributed by atoms with van der Waals surface area (Å²) in [5, 5.41) is 13.3. The summed E-state index contributed by atoms with van der Waals surface area (Å²) in [6.07, 6.45) is 0. The number of fused-ring (bicyclic) bond motifs is 15. The predicted octanol–water partition coefficient (Wildman–Crippen LogP) is 15.8. The van der Waals surface area contributed by atoms with Crippen molar-refractivity contribution in [3.63, 3.8) is 0 Å². The van der Waals surface area contributed by atoms with Gasteiger partial charge in [0.05, 0.1) is 38.0 Å². The van der Waals surface area contributed by atoms with E-state index in [9.17, 15) is 0 Å². The molecular formula is C58H34N4S. The monoisotopic (exact) mass is 818 g/mol. The number of benzene rings is 10. The number of thiophene rings is 1. The van der Waals surface area contributed by atoms with Crippen LogP contribution in [0, 0.1) is 0 Å². The maximum absolute atomic E-state index is 5.43. The minimum absolute atomic E-state index is 0.706. The van der Waals surface area contributed by atoms with Gasteiger partial charge in [0, 0.05) is 70.3 Å². The zero-order valence-electron chi connectivity index (χ0n) is 33.8. The summed E-state index contributed by atoms with van der Waals surface area (Å²) in [5.74, 6) is 0.706. The third-order valence-electron chi connectivity index (χ3n) is 13.1. The predicted molar refractivity (Wildman–Crippen MR) is 267 cm³/mol. The highest BCUT2D eigenvalue weighted by Crippen LogP contribution is 2.47. The van der Waals surface area contributed by atoms with Crippen LogP contribution < -0.4 is 0 Å². The summed E-state index contributed by atoms with van der Waals surface area (Å²) < 4.78 is 7.50. The second-order valence-electron chi connectivity index (χ2n) is 16.5. The molecule has 0 bridgehead atoms. The first-order valence-corrected chi connectivity index (χ1v) is 22.2. The van der Waals surface area contributed by atoms with Crippen molar-refractivity contribution in [2.75, 3.05) is 0 Å². The Balaban J connectivity index is 1.04. The lowest BCUT2D eigenvalue weighted by Gasteiger charge is -2.14. The van der Waals surface area contributed by atoms with Crippen LogP contribution in [0.15, 0.2) is 206 Å². The van der Waals surface area contributed by atoms with Crippen LogP contribution in [-0.4, -0.2) is 19.1 Å². The van der Waals surface area contributed by atoms with E-state index in [4.69, 9.17) is 9.97 Å². The Morgan fingerprint density at radius 1 is 0.365 bits per heavy atom. The molecule has 14 aromatic rings. The highest BCUT2D eigenvalue weighted by molar-refractivity contribution is 7.26. The van der Waals surface area contributed by atoms with Gasteiger partial charge in [-0.2, -0.15) is 0 Å². The zero-order valence-corrected chi connectivity index (χ0v) is 34.6. The van der Waals surface area contributed by atoms with E-state index in [1.807, 2.05) is 11.3 Å². The van der Waals surface area contributed by atoms with Gasteiger partial charge in [-0.25, -0.2) is 9.97 Å². The normalized spacial score (nSPS) is 12.1. The molecule has 63 heavy (non-hydrogen) atoms. The van der Waals surface area contributed by atoms with Gasteiger partial charge in [-0.3, -0.25) is 0 Å². The molecule has 0 aliphatic carbocycles. The van der Waals surface area contributed by atoms with Gasteiger partial charge in [-0.05, 0) is 82.9 Å². The molecule has 10 aromatic carbocycles. The van der Waals surface area contributed by atoms with Gasteiger partial charge in [0.25, 0.3) is 0 Å². The van der Waals surface area contributed by atoms with E-state index >= 15 is 0 Å². The highest BCUT2D eigenvalue weighted by atomic mass is 32.1. The second kappa shape index (κ2) is 13.2. The minimum Gasteiger partial charge on any atom is -0.309 e. The van der Waals surface area contributed by atoms with E-state index in [1.54, 1.807) is 0 Å². The first-order valence-electron chi connectivity index (χ1n) is 21.4. The van der Waals surface area contributed by atoms with Crippen molar-refractivity contribution in [2.45, 2.75) is 0 Å². The van der Waals surface area contributed by atoms with E-state index in [0.717, 1.165) is 49.9 Å². The molecule has 4 heterocycles. The van der Waals surface area contributed by atoms with Crippen molar-refractivity contribution < 1.29 is 0 Å². The van der Waals surface area contributed by atoms with Gasteiger partial charge in [0.15, 0.2) is 5.82 Å². The number of aromatic nitrogens is 4. The molecule has 0 N–H and O–H groups in total. The lowest BCUT2D eigenvalue weighted by Crippen LogP contribution is -1.98. The molecule has 14 rings (SSSR count). The first kappa shape index (κ1) is 34.6. The molecule has 0 aliphatic rings. The fraction of sp³-hybridized carbons (Fsp3) is 0. The molecule has 0 aliphatic heterocycles. The summed E-state index contributed by atoms with van der Waals surface area (Å²) in [6.45, 7) is 0. The lowest BCUT2D eigenvalue weighted by molar-refractivity contribution is 1.17. The summed E-state index contributed by atoms with van der Waals surface area (Å²) >= 11 is 1.88. The fourth-order valence-electron chi connectivity index (χ4n) is 10.3. The standard InChI is InChI=1S/C58H34N4S/c1-2-16-38(17-3-1)61-48-23-10-8-21-45(48)52-49(61)33-34-50-53(52)46-32-31-44-42-20-9-11-24-51(42)63-57(44)56(46)62(50)39-28-25-37(26-29-39)58-59-54-41-19-7-5-14-36(41)27-30-47(54)55(60-58)43-22-12-15-35-13-4-6-18-40(35)43/h1-34H. The summed E-state index contributed by atoms with van der Waals surface area (Å²) in [7, 11) is 0. The summed E-state index contributed by atoms with van der Waals surface area (Å²) in [5.41, 5.74) is 11.0. The Kier molecular flexibility index (Phi) is 7.24. The van der Waals surface area contributed by atoms with Crippen LogP contribution in [0.3, 0.4) is 0 Å². The van der Waals surface area contributed by atoms with Gasteiger partial charge < -0.3 is 9.13 Å². The van der Waals surface area contributed by atoms with Crippen molar-refractivity contribution in [3.8, 4) is 34.0 Å². The lowest BCUT2D eigenvalue weighted by atomic mass is 9.97. The number of hydrogen-bond donors (Lipinski definition) is 0. The average Bonchev–Trinajstić information content (AvgIpc) is 4.01. The largest absolute Gasteiger partial charge is 0.309 e. The maximum atomic E-state index is 5.43. The van der Waals surface area contributed by atoms with E-state index in [2.05, 4.69) is 215 Å². The minimum atomic E-state index is 0.706. The third-order valence-corrected chi connectivity index (χ3v) is 14.3. The molecular weight excluding hydrogens is 785 g/mol. The van der Waals surface area contributed by atoms with Crippen molar-refractivity contribution in [2.24, 2.45) is 0 Å². The number of rotatable bonds is 4. The Morgan fingerprint density at radius 2 is 0.984 bits per heavy atom. The smallest absolute Gasteiger partial charge is 0.160 e. The van der Waals surface area contributed by atoms with Crippen LogP contribution >= 0.6 is 11.3 Å². The highest BCUT2D eigenvalue weighted by Gasteiger charge is 2.23. The number of para-hydroxylation sites is 2. The Labute approximate surface area is 365 Å². The second-order valence-corrected chi connectivity index (χ2v) is 17.5. The molecule has 0 fully saturated rings. The summed E-state index contributed by atoms with van der Waals surface area (Å²) in [6, 6.07) is 74.6. The Hall–Kier alpha value is -8.12. The first-order chi connectivity index (χ1) is 31.3. The molecule has 0 atom stereocenters. The van der Waals surface area contributed by atoms with Gasteiger partial charge in [-0.15, -0.1) is 11.3 Å². The average molecular weight is 819 g/mol. The molecule has 0 spiro atoms. The molecule has 5 heteroatoms. The van der Waals surface area contributed by atoms with E-state index < -0.39 is 0 Å². The van der Waals surface area contributed by atoms with Gasteiger partial charge in [0.1, 0.15) is 0 Å². The SMILES string of the molecule is c1ccc(-n2c3ccccc3c3c4c5ccc6c7ccccc7sc6c5n(-c5ccc(-c6nc(-c7cccc8ccccc78)c7ccc8ccccc8c7n6)cc5)c4ccc32)cc1. The molecule has 4 aromatic heterocycles. The third kappa shape index (κ3) is 4.97. The van der Waals surface area contributed by atoms with Crippen molar-refractivity contribution in [1.29, 1.82) is 0 Å². The Morgan fingerprint density at radius 3 is 1.83 bits per heavy atom. The molecule has 0 radical (unpaired) electrons. The topological polar surface area (TPSA) is 35.6 Å². The van der Waals surface area contributed by atoms with Crippen LogP contribution in [0.2, 0.25) is 0 Å². The van der Waals surface area contributed by atoms with Gasteiger partial charge in [0.2, 0.25) is 0 Å². The molecule has 4 nitrogen and oxygen atoms in total. The zero-order chi connectivity index (χ0) is 41.2. The maximum Gasteiger partial charge on any atom is 0.160 e. The molecule has 0 saturated carbocycles. The van der Waals surface area contributed by atoms with Gasteiger partial charge in [-0.1, -0.05) is 140 Å². The molecule has 292 valence electrons. The quantitative estimate of drug-likeness (QED) is 0.166. The summed E-state index contributed by atoms with van der Waals surface area (Å²) in [4.78, 5) is 10.8. The van der Waals surface area contributed by atoms with Crippen molar-refractivity contribution in [3.05, 3.63) is 206 Å². The van der Waals surface area contributed by atoms with Crippen molar-refractivity contribution >= 4 is 108 Å². The van der Waals surface area contributed by atoms with Crippen molar-refractivity contribution in [1.82, 2.24) is 19.1 Å². The van der Waals surface area contributed by atoms with Crippen LogP contribution in [0.25, 0.3) is 130 Å². The van der Waals surface area contributed by atoms with E-state index in [1.165, 1.54) is 74.6 Å². The van der Waals surface area contributed by atoms with E-state index in [0.29, 0.717) is 5.82 Å². The molecule has 0 amide bonds. The van der Waals surface area contributed by atoms with E-state index in [-0.39, 0.29) is 0 Å². The van der Waals surface area contributed by atoms with Gasteiger partial charge >= 0.3 is 0 Å². The van der Waals surface area contributed by atoms with Crippen LogP contribution in [0.1, 0.15) is 0 Å². The number of hydrogen-bond acceptors (Lipinski definition) is 3. The Bertz CT molecular complexity index is 4190. The van der Waals surface area contributed by atoms with Crippen LogP contribution in [0.4, 0.5) is 0 Å². The van der Waals surface area contributed by atoms with Crippen LogP contribution in [-0.2, 0) is 0 Å².